The molecule has 0 bridgehead atoms. The Hall–Kier alpha value is -1.81. The fraction of sp³-hybridized carbons (Fsp3) is 0.250. The van der Waals surface area contributed by atoms with Crippen LogP contribution in [0.5, 0.6) is 0 Å². The van der Waals surface area contributed by atoms with E-state index in [4.69, 9.17) is 0 Å². The highest BCUT2D eigenvalue weighted by Gasteiger charge is 2.30. The monoisotopic (exact) mass is 277 g/mol. The second kappa shape index (κ2) is 4.94. The number of alkyl halides is 3. The van der Waals surface area contributed by atoms with Crippen molar-refractivity contribution < 1.29 is 13.2 Å². The van der Waals surface area contributed by atoms with Gasteiger partial charge < -0.3 is 5.32 Å². The molecule has 104 valence electrons. The molecule has 0 amide bonds. The van der Waals surface area contributed by atoms with Gasteiger partial charge in [-0.05, 0) is 41.8 Å². The number of rotatable bonds is 2. The van der Waals surface area contributed by atoms with Crippen LogP contribution < -0.4 is 5.32 Å². The highest BCUT2D eigenvalue weighted by molar-refractivity contribution is 5.68. The number of halogens is 3. The summed E-state index contributed by atoms with van der Waals surface area (Å²) >= 11 is 0. The van der Waals surface area contributed by atoms with E-state index in [2.05, 4.69) is 5.32 Å². The normalized spacial score (nSPS) is 18.6. The second-order valence-electron chi connectivity index (χ2n) is 4.96. The smallest absolute Gasteiger partial charge is 0.310 e. The Morgan fingerprint density at radius 1 is 0.950 bits per heavy atom. The number of hydrogen-bond acceptors (Lipinski definition) is 1. The van der Waals surface area contributed by atoms with E-state index in [9.17, 15) is 13.2 Å². The van der Waals surface area contributed by atoms with Crippen molar-refractivity contribution in [3.63, 3.8) is 0 Å². The number of hydrogen-bond donors (Lipinski definition) is 1. The van der Waals surface area contributed by atoms with Crippen LogP contribution in [0.15, 0.2) is 48.5 Å². The van der Waals surface area contributed by atoms with Crippen LogP contribution in [0.3, 0.4) is 0 Å². The van der Waals surface area contributed by atoms with Crippen LogP contribution in [-0.2, 0) is 6.18 Å². The van der Waals surface area contributed by atoms with Gasteiger partial charge in [0.15, 0.2) is 0 Å². The maximum absolute atomic E-state index is 12.6. The molecule has 1 unspecified atom stereocenters. The molecule has 1 N–H and O–H groups in total. The van der Waals surface area contributed by atoms with Gasteiger partial charge in [0.05, 0.1) is 5.56 Å². The first-order chi connectivity index (χ1) is 9.55. The third-order valence-electron chi connectivity index (χ3n) is 3.68. The second-order valence-corrected chi connectivity index (χ2v) is 4.96. The molecule has 0 radical (unpaired) electrons. The molecule has 0 aromatic heterocycles. The Morgan fingerprint density at radius 3 is 2.15 bits per heavy atom. The molecular formula is C16H14F3N. The standard InChI is InChI=1S/C16H14F3N/c17-16(18,19)12-7-5-11(6-8-12)13-3-1-2-4-14(13)15-9-10-20-15/h1-8,15,20H,9-10H2. The van der Waals surface area contributed by atoms with Crippen LogP contribution in [0.4, 0.5) is 13.2 Å². The lowest BCUT2D eigenvalue weighted by molar-refractivity contribution is -0.137. The van der Waals surface area contributed by atoms with Gasteiger partial charge in [-0.1, -0.05) is 36.4 Å². The summed E-state index contributed by atoms with van der Waals surface area (Å²) < 4.78 is 37.7. The van der Waals surface area contributed by atoms with Gasteiger partial charge in [0.2, 0.25) is 0 Å². The van der Waals surface area contributed by atoms with E-state index >= 15 is 0 Å². The molecule has 2 aromatic rings. The zero-order valence-corrected chi connectivity index (χ0v) is 10.7. The van der Waals surface area contributed by atoms with Crippen LogP contribution in [0.25, 0.3) is 11.1 Å². The Labute approximate surface area is 115 Å². The van der Waals surface area contributed by atoms with Gasteiger partial charge in [-0.15, -0.1) is 0 Å². The van der Waals surface area contributed by atoms with Gasteiger partial charge in [0.25, 0.3) is 0 Å². The lowest BCUT2D eigenvalue weighted by atomic mass is 9.90. The number of nitrogens with one attached hydrogen (secondary N) is 1. The maximum atomic E-state index is 12.6. The van der Waals surface area contributed by atoms with Crippen molar-refractivity contribution >= 4 is 0 Å². The average Bonchev–Trinajstić information content (AvgIpc) is 2.37. The van der Waals surface area contributed by atoms with E-state index in [-0.39, 0.29) is 0 Å². The minimum Gasteiger partial charge on any atom is -0.310 e. The molecule has 0 saturated carbocycles. The van der Waals surface area contributed by atoms with Crippen molar-refractivity contribution in [1.29, 1.82) is 0 Å². The lowest BCUT2D eigenvalue weighted by Gasteiger charge is -2.30. The van der Waals surface area contributed by atoms with Crippen LogP contribution >= 0.6 is 0 Å². The summed E-state index contributed by atoms with van der Waals surface area (Å²) in [5, 5.41) is 3.33. The molecule has 1 heterocycles. The molecule has 2 aromatic carbocycles. The molecule has 3 rings (SSSR count). The highest BCUT2D eigenvalue weighted by Crippen LogP contribution is 2.35. The van der Waals surface area contributed by atoms with E-state index in [0.29, 0.717) is 6.04 Å². The zero-order chi connectivity index (χ0) is 14.2. The first kappa shape index (κ1) is 13.2. The summed E-state index contributed by atoms with van der Waals surface area (Å²) in [6.45, 7) is 0.992. The predicted molar refractivity (Wildman–Crippen MR) is 72.2 cm³/mol. The molecule has 4 heteroatoms. The largest absolute Gasteiger partial charge is 0.416 e. The van der Waals surface area contributed by atoms with E-state index in [1.807, 2.05) is 24.3 Å². The summed E-state index contributed by atoms with van der Waals surface area (Å²) in [5.74, 6) is 0. The summed E-state index contributed by atoms with van der Waals surface area (Å²) in [4.78, 5) is 0. The first-order valence-corrected chi connectivity index (χ1v) is 6.55. The molecule has 0 aliphatic carbocycles. The Bertz CT molecular complexity index is 598. The first-order valence-electron chi connectivity index (χ1n) is 6.55. The fourth-order valence-corrected chi connectivity index (χ4v) is 2.46. The lowest BCUT2D eigenvalue weighted by Crippen LogP contribution is -2.35. The zero-order valence-electron chi connectivity index (χ0n) is 10.7. The quantitative estimate of drug-likeness (QED) is 0.857. The Morgan fingerprint density at radius 2 is 1.60 bits per heavy atom. The van der Waals surface area contributed by atoms with E-state index in [1.54, 1.807) is 12.1 Å². The molecule has 1 atom stereocenters. The van der Waals surface area contributed by atoms with Gasteiger partial charge in [-0.25, -0.2) is 0 Å². The molecule has 1 fully saturated rings. The average molecular weight is 277 g/mol. The van der Waals surface area contributed by atoms with E-state index in [1.165, 1.54) is 0 Å². The summed E-state index contributed by atoms with van der Waals surface area (Å²) in [6, 6.07) is 13.5. The van der Waals surface area contributed by atoms with E-state index in [0.717, 1.165) is 41.8 Å². The van der Waals surface area contributed by atoms with Crippen LogP contribution in [0, 0.1) is 0 Å². The van der Waals surface area contributed by atoms with Crippen LogP contribution in [-0.4, -0.2) is 6.54 Å². The van der Waals surface area contributed by atoms with Crippen molar-refractivity contribution in [2.45, 2.75) is 18.6 Å². The summed E-state index contributed by atoms with van der Waals surface area (Å²) in [5.41, 5.74) is 2.36. The van der Waals surface area contributed by atoms with Gasteiger partial charge in [0.1, 0.15) is 0 Å². The minimum absolute atomic E-state index is 0.313. The number of benzene rings is 2. The topological polar surface area (TPSA) is 12.0 Å². The molecule has 1 aliphatic rings. The predicted octanol–water partition coefficient (Wildman–Crippen LogP) is 4.41. The van der Waals surface area contributed by atoms with Gasteiger partial charge >= 0.3 is 6.18 Å². The Kier molecular flexibility index (Phi) is 3.26. The molecule has 1 saturated heterocycles. The van der Waals surface area contributed by atoms with Crippen LogP contribution in [0.1, 0.15) is 23.6 Å². The van der Waals surface area contributed by atoms with Crippen molar-refractivity contribution in [1.82, 2.24) is 5.32 Å². The van der Waals surface area contributed by atoms with Crippen molar-refractivity contribution in [2.24, 2.45) is 0 Å². The van der Waals surface area contributed by atoms with E-state index < -0.39 is 11.7 Å². The van der Waals surface area contributed by atoms with Gasteiger partial charge in [-0.2, -0.15) is 13.2 Å². The Balaban J connectivity index is 1.97. The molecule has 0 spiro atoms. The molecule has 1 aliphatic heterocycles. The summed E-state index contributed by atoms with van der Waals surface area (Å²) in [7, 11) is 0. The summed E-state index contributed by atoms with van der Waals surface area (Å²) in [6.07, 6.45) is -3.22. The molecular weight excluding hydrogens is 263 g/mol. The fourth-order valence-electron chi connectivity index (χ4n) is 2.46. The van der Waals surface area contributed by atoms with Crippen molar-refractivity contribution in [2.75, 3.05) is 6.54 Å². The SMILES string of the molecule is FC(F)(F)c1ccc(-c2ccccc2C2CCN2)cc1. The third kappa shape index (κ3) is 2.43. The van der Waals surface area contributed by atoms with Crippen molar-refractivity contribution in [3.05, 3.63) is 59.7 Å². The van der Waals surface area contributed by atoms with Crippen molar-refractivity contribution in [3.8, 4) is 11.1 Å². The highest BCUT2D eigenvalue weighted by atomic mass is 19.4. The molecule has 20 heavy (non-hydrogen) atoms. The third-order valence-corrected chi connectivity index (χ3v) is 3.68. The van der Waals surface area contributed by atoms with Gasteiger partial charge in [0, 0.05) is 6.04 Å². The van der Waals surface area contributed by atoms with Crippen LogP contribution in [0.2, 0.25) is 0 Å². The molecule has 1 nitrogen and oxygen atoms in total. The van der Waals surface area contributed by atoms with Gasteiger partial charge in [-0.3, -0.25) is 0 Å². The minimum atomic E-state index is -4.28. The maximum Gasteiger partial charge on any atom is 0.416 e.